The van der Waals surface area contributed by atoms with Crippen LogP contribution in [0.5, 0.6) is 17.2 Å². The van der Waals surface area contributed by atoms with Crippen molar-refractivity contribution in [3.05, 3.63) is 83.9 Å². The normalized spacial score (nSPS) is 11.8. The van der Waals surface area contributed by atoms with E-state index in [2.05, 4.69) is 5.32 Å². The fourth-order valence-electron chi connectivity index (χ4n) is 3.72. The summed E-state index contributed by atoms with van der Waals surface area (Å²) < 4.78 is 16.0. The smallest absolute Gasteiger partial charge is 0.259 e. The van der Waals surface area contributed by atoms with Gasteiger partial charge in [0.15, 0.2) is 11.5 Å². The zero-order chi connectivity index (χ0) is 25.6. The van der Waals surface area contributed by atoms with Crippen molar-refractivity contribution in [3.63, 3.8) is 0 Å². The Morgan fingerprint density at radius 1 is 0.800 bits per heavy atom. The van der Waals surface area contributed by atoms with Crippen LogP contribution in [0.2, 0.25) is 0 Å². The number of hydrogen-bond donors (Lipinski definition) is 1. The van der Waals surface area contributed by atoms with Crippen LogP contribution in [0.3, 0.4) is 0 Å². The van der Waals surface area contributed by atoms with Crippen molar-refractivity contribution in [2.45, 2.75) is 32.4 Å². The van der Waals surface area contributed by atoms with Gasteiger partial charge < -0.3 is 19.5 Å². The van der Waals surface area contributed by atoms with Crippen molar-refractivity contribution in [2.75, 3.05) is 26.2 Å². The van der Waals surface area contributed by atoms with Crippen LogP contribution >= 0.6 is 0 Å². The summed E-state index contributed by atoms with van der Waals surface area (Å²) in [6.45, 7) is 5.71. The summed E-state index contributed by atoms with van der Waals surface area (Å²) in [4.78, 5) is 29.3. The number of anilines is 1. The number of para-hydroxylation sites is 1. The van der Waals surface area contributed by atoms with Gasteiger partial charge in [0.05, 0.1) is 21.3 Å². The van der Waals surface area contributed by atoms with Crippen molar-refractivity contribution in [2.24, 2.45) is 0 Å². The molecule has 3 aromatic rings. The largest absolute Gasteiger partial charge is 0.497 e. The molecule has 7 nitrogen and oxygen atoms in total. The number of hydrogen-bond acceptors (Lipinski definition) is 5. The van der Waals surface area contributed by atoms with Gasteiger partial charge >= 0.3 is 0 Å². The standard InChI is InChI=1S/C28H32N2O5/c1-28(2,3)29-26(31)25(19-12-15-22(33-4)16-13-19)30(21-10-8-7-9-11-21)27(32)20-14-17-23(34-5)24(18-20)35-6/h7-18,25H,1-6H3,(H,29,31)/t25-/m1/s1. The van der Waals surface area contributed by atoms with Crippen molar-refractivity contribution in [3.8, 4) is 17.2 Å². The topological polar surface area (TPSA) is 77.1 Å². The Morgan fingerprint density at radius 2 is 1.43 bits per heavy atom. The molecule has 0 fully saturated rings. The van der Waals surface area contributed by atoms with E-state index in [1.54, 1.807) is 61.7 Å². The number of benzene rings is 3. The van der Waals surface area contributed by atoms with Gasteiger partial charge in [-0.15, -0.1) is 0 Å². The molecule has 0 aliphatic heterocycles. The summed E-state index contributed by atoms with van der Waals surface area (Å²) in [7, 11) is 4.62. The Labute approximate surface area is 206 Å². The molecule has 35 heavy (non-hydrogen) atoms. The number of nitrogens with zero attached hydrogens (tertiary/aromatic N) is 1. The third-order valence-corrected chi connectivity index (χ3v) is 5.32. The van der Waals surface area contributed by atoms with E-state index >= 15 is 0 Å². The first-order chi connectivity index (χ1) is 16.7. The molecule has 1 N–H and O–H groups in total. The number of nitrogens with one attached hydrogen (secondary N) is 1. The molecule has 2 amide bonds. The van der Waals surface area contributed by atoms with Crippen LogP contribution in [-0.4, -0.2) is 38.7 Å². The van der Waals surface area contributed by atoms with E-state index in [0.717, 1.165) is 0 Å². The molecule has 0 saturated carbocycles. The number of rotatable bonds is 8. The number of methoxy groups -OCH3 is 3. The van der Waals surface area contributed by atoms with Gasteiger partial charge in [-0.05, 0) is 68.8 Å². The minimum atomic E-state index is -0.942. The average Bonchev–Trinajstić information content (AvgIpc) is 2.85. The molecule has 0 aliphatic carbocycles. The van der Waals surface area contributed by atoms with Crippen molar-refractivity contribution in [1.82, 2.24) is 5.32 Å². The second-order valence-electron chi connectivity index (χ2n) is 9.00. The van der Waals surface area contributed by atoms with E-state index in [0.29, 0.717) is 34.1 Å². The highest BCUT2D eigenvalue weighted by Crippen LogP contribution is 2.33. The molecule has 0 aromatic heterocycles. The zero-order valence-electron chi connectivity index (χ0n) is 21.0. The Bertz CT molecular complexity index is 1150. The summed E-state index contributed by atoms with van der Waals surface area (Å²) in [6.07, 6.45) is 0. The van der Waals surface area contributed by atoms with E-state index in [9.17, 15) is 9.59 Å². The first-order valence-corrected chi connectivity index (χ1v) is 11.2. The molecule has 0 spiro atoms. The van der Waals surface area contributed by atoms with Gasteiger partial charge in [0.25, 0.3) is 5.91 Å². The highest BCUT2D eigenvalue weighted by atomic mass is 16.5. The lowest BCUT2D eigenvalue weighted by atomic mass is 9.99. The van der Waals surface area contributed by atoms with Gasteiger partial charge in [-0.1, -0.05) is 30.3 Å². The second kappa shape index (κ2) is 11.0. The van der Waals surface area contributed by atoms with E-state index in [-0.39, 0.29) is 11.8 Å². The van der Waals surface area contributed by atoms with Gasteiger partial charge in [0.2, 0.25) is 5.91 Å². The predicted molar refractivity (Wildman–Crippen MR) is 136 cm³/mol. The average molecular weight is 477 g/mol. The minimum absolute atomic E-state index is 0.305. The molecule has 0 heterocycles. The molecule has 1 atom stereocenters. The number of carbonyl (C=O) groups excluding carboxylic acids is 2. The maximum Gasteiger partial charge on any atom is 0.259 e. The Morgan fingerprint density at radius 3 is 1.97 bits per heavy atom. The third-order valence-electron chi connectivity index (χ3n) is 5.32. The fourth-order valence-corrected chi connectivity index (χ4v) is 3.72. The Hall–Kier alpha value is -4.00. The maximum absolute atomic E-state index is 14.0. The Kier molecular flexibility index (Phi) is 8.02. The lowest BCUT2D eigenvalue weighted by molar-refractivity contribution is -0.123. The van der Waals surface area contributed by atoms with Crippen LogP contribution in [0, 0.1) is 0 Å². The van der Waals surface area contributed by atoms with E-state index in [1.807, 2.05) is 39.0 Å². The minimum Gasteiger partial charge on any atom is -0.497 e. The summed E-state index contributed by atoms with van der Waals surface area (Å²) in [5.74, 6) is 0.919. The molecule has 0 bridgehead atoms. The summed E-state index contributed by atoms with van der Waals surface area (Å²) in [5.41, 5.74) is 1.08. The van der Waals surface area contributed by atoms with Gasteiger partial charge in [-0.25, -0.2) is 0 Å². The Balaban J connectivity index is 2.19. The molecular formula is C28H32N2O5. The summed E-state index contributed by atoms with van der Waals surface area (Å²) in [5, 5.41) is 3.03. The highest BCUT2D eigenvalue weighted by molar-refractivity contribution is 6.10. The first-order valence-electron chi connectivity index (χ1n) is 11.2. The van der Waals surface area contributed by atoms with Crippen LogP contribution in [0.15, 0.2) is 72.8 Å². The molecule has 0 radical (unpaired) electrons. The molecule has 0 saturated heterocycles. The third kappa shape index (κ3) is 6.12. The lowest BCUT2D eigenvalue weighted by Crippen LogP contribution is -2.49. The maximum atomic E-state index is 14.0. The fraction of sp³-hybridized carbons (Fsp3) is 0.286. The molecule has 3 rings (SSSR count). The number of amides is 2. The predicted octanol–water partition coefficient (Wildman–Crippen LogP) is 5.02. The zero-order valence-corrected chi connectivity index (χ0v) is 21.0. The second-order valence-corrected chi connectivity index (χ2v) is 9.00. The van der Waals surface area contributed by atoms with Crippen LogP contribution in [-0.2, 0) is 4.79 Å². The monoisotopic (exact) mass is 476 g/mol. The molecule has 7 heteroatoms. The molecule has 184 valence electrons. The van der Waals surface area contributed by atoms with Crippen molar-refractivity contribution in [1.29, 1.82) is 0 Å². The summed E-state index contributed by atoms with van der Waals surface area (Å²) in [6, 6.07) is 20.3. The van der Waals surface area contributed by atoms with Gasteiger partial charge in [0, 0.05) is 16.8 Å². The van der Waals surface area contributed by atoms with Gasteiger partial charge in [-0.2, -0.15) is 0 Å². The quantitative estimate of drug-likeness (QED) is 0.494. The molecule has 0 unspecified atom stereocenters. The first kappa shape index (κ1) is 25.6. The summed E-state index contributed by atoms with van der Waals surface area (Å²) >= 11 is 0. The molecule has 3 aromatic carbocycles. The van der Waals surface area contributed by atoms with Crippen molar-refractivity contribution >= 4 is 17.5 Å². The van der Waals surface area contributed by atoms with E-state index in [1.165, 1.54) is 19.1 Å². The molecular weight excluding hydrogens is 444 g/mol. The SMILES string of the molecule is COc1ccc([C@H](C(=O)NC(C)(C)C)N(C(=O)c2ccc(OC)c(OC)c2)c2ccccc2)cc1. The highest BCUT2D eigenvalue weighted by Gasteiger charge is 2.35. The number of carbonyl (C=O) groups is 2. The van der Waals surface area contributed by atoms with E-state index in [4.69, 9.17) is 14.2 Å². The molecule has 0 aliphatic rings. The number of ether oxygens (including phenoxy) is 3. The van der Waals surface area contributed by atoms with Crippen LogP contribution < -0.4 is 24.4 Å². The van der Waals surface area contributed by atoms with Gasteiger partial charge in [0.1, 0.15) is 11.8 Å². The van der Waals surface area contributed by atoms with Gasteiger partial charge in [-0.3, -0.25) is 14.5 Å². The van der Waals surface area contributed by atoms with Crippen LogP contribution in [0.4, 0.5) is 5.69 Å². The van der Waals surface area contributed by atoms with Crippen LogP contribution in [0.1, 0.15) is 42.7 Å². The van der Waals surface area contributed by atoms with Crippen molar-refractivity contribution < 1.29 is 23.8 Å². The van der Waals surface area contributed by atoms with Crippen LogP contribution in [0.25, 0.3) is 0 Å². The lowest BCUT2D eigenvalue weighted by Gasteiger charge is -2.34. The van der Waals surface area contributed by atoms with E-state index < -0.39 is 11.6 Å².